The Labute approximate surface area is 129 Å². The van der Waals surface area contributed by atoms with Crippen LogP contribution in [0.1, 0.15) is 50.8 Å². The molecule has 120 valence electrons. The minimum absolute atomic E-state index is 0.000220. The summed E-state index contributed by atoms with van der Waals surface area (Å²) in [5, 5.41) is 0. The average Bonchev–Trinajstić information content (AvgIpc) is 2.25. The first-order valence-corrected chi connectivity index (χ1v) is 8.80. The number of aryl methyl sites for hydroxylation is 2. The van der Waals surface area contributed by atoms with Crippen LogP contribution in [0.15, 0.2) is 17.0 Å². The molecule has 0 aliphatic heterocycles. The van der Waals surface area contributed by atoms with Crippen LogP contribution in [-0.2, 0) is 15.4 Å². The van der Waals surface area contributed by atoms with E-state index < -0.39 is 10.0 Å². The van der Waals surface area contributed by atoms with Gasteiger partial charge in [-0.3, -0.25) is 0 Å². The highest BCUT2D eigenvalue weighted by Crippen LogP contribution is 2.29. The zero-order valence-corrected chi connectivity index (χ0v) is 14.8. The number of benzene rings is 1. The Morgan fingerprint density at radius 3 is 2.05 bits per heavy atom. The molecule has 0 radical (unpaired) electrons. The molecule has 4 nitrogen and oxygen atoms in total. The van der Waals surface area contributed by atoms with E-state index in [1.165, 1.54) is 0 Å². The van der Waals surface area contributed by atoms with Gasteiger partial charge in [0.25, 0.3) is 0 Å². The molecule has 0 bridgehead atoms. The lowest BCUT2D eigenvalue weighted by molar-refractivity contribution is 0.568. The summed E-state index contributed by atoms with van der Waals surface area (Å²) < 4.78 is 27.6. The Bertz CT molecular complexity index is 576. The van der Waals surface area contributed by atoms with Crippen LogP contribution in [0.25, 0.3) is 0 Å². The summed E-state index contributed by atoms with van der Waals surface area (Å²) in [5.41, 5.74) is 8.37. The van der Waals surface area contributed by atoms with Gasteiger partial charge in [0.15, 0.2) is 0 Å². The highest BCUT2D eigenvalue weighted by Gasteiger charge is 2.22. The molecule has 0 aliphatic carbocycles. The fourth-order valence-electron chi connectivity index (χ4n) is 2.30. The molecular formula is C16H28N2O2S. The van der Waals surface area contributed by atoms with Gasteiger partial charge in [-0.05, 0) is 49.3 Å². The number of hydrogen-bond acceptors (Lipinski definition) is 3. The SMILES string of the molecule is Cc1cc(C(C)(C)C)cc(C)c1S(=O)(=O)NCCC(C)N. The quantitative estimate of drug-likeness (QED) is 0.878. The van der Waals surface area contributed by atoms with E-state index in [0.717, 1.165) is 16.7 Å². The molecule has 1 aromatic carbocycles. The molecule has 0 spiro atoms. The Morgan fingerprint density at radius 2 is 1.67 bits per heavy atom. The van der Waals surface area contributed by atoms with E-state index in [9.17, 15) is 8.42 Å². The van der Waals surface area contributed by atoms with E-state index in [1.807, 2.05) is 32.9 Å². The predicted octanol–water partition coefficient (Wildman–Crippen LogP) is 2.62. The van der Waals surface area contributed by atoms with Crippen LogP contribution in [-0.4, -0.2) is 21.0 Å². The first-order valence-electron chi connectivity index (χ1n) is 7.32. The topological polar surface area (TPSA) is 72.2 Å². The molecular weight excluding hydrogens is 284 g/mol. The van der Waals surface area contributed by atoms with Gasteiger partial charge in [-0.1, -0.05) is 32.9 Å². The Balaban J connectivity index is 3.14. The lowest BCUT2D eigenvalue weighted by Gasteiger charge is -2.22. The maximum atomic E-state index is 12.5. The monoisotopic (exact) mass is 312 g/mol. The second-order valence-electron chi connectivity index (χ2n) is 6.85. The molecule has 21 heavy (non-hydrogen) atoms. The fourth-order valence-corrected chi connectivity index (χ4v) is 3.80. The van der Waals surface area contributed by atoms with E-state index >= 15 is 0 Å². The van der Waals surface area contributed by atoms with Crippen LogP contribution in [0, 0.1) is 13.8 Å². The third kappa shape index (κ3) is 4.80. The van der Waals surface area contributed by atoms with Gasteiger partial charge in [-0.2, -0.15) is 0 Å². The summed E-state index contributed by atoms with van der Waals surface area (Å²) in [4.78, 5) is 0.389. The van der Waals surface area contributed by atoms with Crippen LogP contribution >= 0.6 is 0 Å². The number of rotatable bonds is 5. The smallest absolute Gasteiger partial charge is 0.241 e. The third-order valence-electron chi connectivity index (χ3n) is 3.49. The van der Waals surface area contributed by atoms with Crippen molar-refractivity contribution in [3.63, 3.8) is 0 Å². The van der Waals surface area contributed by atoms with Crippen molar-refractivity contribution >= 4 is 10.0 Å². The molecule has 0 fully saturated rings. The van der Waals surface area contributed by atoms with Crippen LogP contribution in [0.2, 0.25) is 0 Å². The van der Waals surface area contributed by atoms with Gasteiger partial charge in [0.05, 0.1) is 4.90 Å². The average molecular weight is 312 g/mol. The number of nitrogens with two attached hydrogens (primary N) is 1. The predicted molar refractivity (Wildman–Crippen MR) is 88.1 cm³/mol. The number of hydrogen-bond donors (Lipinski definition) is 2. The van der Waals surface area contributed by atoms with Crippen LogP contribution in [0.4, 0.5) is 0 Å². The van der Waals surface area contributed by atoms with Crippen molar-refractivity contribution in [1.82, 2.24) is 4.72 Å². The molecule has 0 saturated carbocycles. The summed E-state index contributed by atoms with van der Waals surface area (Å²) in [5.74, 6) is 0. The molecule has 0 heterocycles. The van der Waals surface area contributed by atoms with Crippen molar-refractivity contribution in [3.8, 4) is 0 Å². The molecule has 0 saturated heterocycles. The molecule has 5 heteroatoms. The molecule has 1 rings (SSSR count). The zero-order chi connectivity index (χ0) is 16.4. The molecule has 3 N–H and O–H groups in total. The van der Waals surface area contributed by atoms with Crippen molar-refractivity contribution in [2.45, 2.75) is 64.3 Å². The summed E-state index contributed by atoms with van der Waals surface area (Å²) in [6.45, 7) is 12.3. The second kappa shape index (κ2) is 6.46. The maximum Gasteiger partial charge on any atom is 0.241 e. The molecule has 0 amide bonds. The summed E-state index contributed by atoms with van der Waals surface area (Å²) in [7, 11) is -3.49. The fraction of sp³-hybridized carbons (Fsp3) is 0.625. The summed E-state index contributed by atoms with van der Waals surface area (Å²) in [6.07, 6.45) is 0.622. The highest BCUT2D eigenvalue weighted by molar-refractivity contribution is 7.89. The third-order valence-corrected chi connectivity index (χ3v) is 5.25. The number of sulfonamides is 1. The second-order valence-corrected chi connectivity index (χ2v) is 8.56. The van der Waals surface area contributed by atoms with Gasteiger partial charge >= 0.3 is 0 Å². The zero-order valence-electron chi connectivity index (χ0n) is 13.9. The molecule has 0 aliphatic rings. The minimum Gasteiger partial charge on any atom is -0.328 e. The largest absolute Gasteiger partial charge is 0.328 e. The van der Waals surface area contributed by atoms with Crippen LogP contribution in [0.3, 0.4) is 0 Å². The van der Waals surface area contributed by atoms with Crippen molar-refractivity contribution in [3.05, 3.63) is 28.8 Å². The lowest BCUT2D eigenvalue weighted by Crippen LogP contribution is -2.30. The van der Waals surface area contributed by atoms with E-state index in [-0.39, 0.29) is 11.5 Å². The summed E-state index contributed by atoms with van der Waals surface area (Å²) in [6, 6.07) is 3.92. The van der Waals surface area contributed by atoms with Crippen molar-refractivity contribution < 1.29 is 8.42 Å². The number of nitrogens with one attached hydrogen (secondary N) is 1. The van der Waals surface area contributed by atoms with Gasteiger partial charge < -0.3 is 5.73 Å². The summed E-state index contributed by atoms with van der Waals surface area (Å²) >= 11 is 0. The van der Waals surface area contributed by atoms with E-state index in [1.54, 1.807) is 0 Å². The van der Waals surface area contributed by atoms with E-state index in [2.05, 4.69) is 25.5 Å². The standard InChI is InChI=1S/C16H28N2O2S/c1-11-9-14(16(4,5)6)10-12(2)15(11)21(19,20)18-8-7-13(3)17/h9-10,13,18H,7-8,17H2,1-6H3. The van der Waals surface area contributed by atoms with Gasteiger partial charge in [-0.25, -0.2) is 13.1 Å². The van der Waals surface area contributed by atoms with Crippen molar-refractivity contribution in [2.75, 3.05) is 6.54 Å². The van der Waals surface area contributed by atoms with Crippen LogP contribution < -0.4 is 10.5 Å². The molecule has 1 unspecified atom stereocenters. The molecule has 1 aromatic rings. The first-order chi connectivity index (χ1) is 9.45. The Hall–Kier alpha value is -0.910. The van der Waals surface area contributed by atoms with Gasteiger partial charge in [0, 0.05) is 12.6 Å². The Kier molecular flexibility index (Phi) is 5.58. The minimum atomic E-state index is -3.49. The highest BCUT2D eigenvalue weighted by atomic mass is 32.2. The normalized spacial score (nSPS) is 14.2. The van der Waals surface area contributed by atoms with Crippen LogP contribution in [0.5, 0.6) is 0 Å². The van der Waals surface area contributed by atoms with E-state index in [0.29, 0.717) is 17.9 Å². The van der Waals surface area contributed by atoms with E-state index in [4.69, 9.17) is 5.73 Å². The van der Waals surface area contributed by atoms with Crippen molar-refractivity contribution in [2.24, 2.45) is 5.73 Å². The van der Waals surface area contributed by atoms with Gasteiger partial charge in [0.2, 0.25) is 10.0 Å². The van der Waals surface area contributed by atoms with Crippen molar-refractivity contribution in [1.29, 1.82) is 0 Å². The first kappa shape index (κ1) is 18.1. The molecule has 0 aromatic heterocycles. The lowest BCUT2D eigenvalue weighted by atomic mass is 9.85. The van der Waals surface area contributed by atoms with Gasteiger partial charge in [0.1, 0.15) is 0 Å². The Morgan fingerprint density at radius 1 is 1.19 bits per heavy atom. The molecule has 1 atom stereocenters. The van der Waals surface area contributed by atoms with Gasteiger partial charge in [-0.15, -0.1) is 0 Å². The maximum absolute atomic E-state index is 12.5.